The molecule has 0 unspecified atom stereocenters. The summed E-state index contributed by atoms with van der Waals surface area (Å²) in [7, 11) is 0. The molecule has 3 heterocycles. The van der Waals surface area contributed by atoms with Gasteiger partial charge in [0.1, 0.15) is 23.9 Å². The van der Waals surface area contributed by atoms with Crippen molar-refractivity contribution >= 4 is 11.6 Å². The Morgan fingerprint density at radius 3 is 2.66 bits per heavy atom. The number of hydrogen-bond donors (Lipinski definition) is 1. The summed E-state index contributed by atoms with van der Waals surface area (Å²) in [5, 5.41) is 2.74. The highest BCUT2D eigenvalue weighted by Gasteiger charge is 2.37. The first-order valence-electron chi connectivity index (χ1n) is 10.2. The maximum absolute atomic E-state index is 13.9. The number of fused-ring (bicyclic) bond motifs is 1. The number of carbonyl (C=O) groups is 1. The summed E-state index contributed by atoms with van der Waals surface area (Å²) >= 11 is 0. The molecule has 0 spiro atoms. The van der Waals surface area contributed by atoms with Gasteiger partial charge in [-0.05, 0) is 31.2 Å². The average Bonchev–Trinajstić information content (AvgIpc) is 3.25. The van der Waals surface area contributed by atoms with Crippen LogP contribution in [0.1, 0.15) is 28.2 Å². The smallest absolute Gasteiger partial charge is 0.270 e. The number of nitrogens with one attached hydrogen (secondary N) is 1. The van der Waals surface area contributed by atoms with Crippen LogP contribution in [0.15, 0.2) is 36.5 Å². The summed E-state index contributed by atoms with van der Waals surface area (Å²) in [5.74, 6) is -4.25. The maximum Gasteiger partial charge on any atom is 0.270 e. The number of ether oxygens (including phenoxy) is 1. The van der Waals surface area contributed by atoms with Gasteiger partial charge in [0.25, 0.3) is 11.8 Å². The lowest BCUT2D eigenvalue weighted by molar-refractivity contribution is 0.0124. The van der Waals surface area contributed by atoms with Crippen molar-refractivity contribution in [2.75, 3.05) is 26.2 Å². The molecule has 3 aromatic rings. The van der Waals surface area contributed by atoms with Gasteiger partial charge in [-0.25, -0.2) is 22.5 Å². The fraction of sp³-hybridized carbons (Fsp3) is 0.364. The molecule has 0 radical (unpaired) electrons. The minimum absolute atomic E-state index is 0.174. The molecule has 2 aromatic heterocycles. The minimum Gasteiger partial charge on any atom is -0.485 e. The Hall–Kier alpha value is -3.14. The van der Waals surface area contributed by atoms with Crippen molar-refractivity contribution in [2.45, 2.75) is 25.9 Å². The van der Waals surface area contributed by atoms with E-state index in [0.717, 1.165) is 12.1 Å². The molecule has 1 aromatic carbocycles. The van der Waals surface area contributed by atoms with Crippen LogP contribution in [0.5, 0.6) is 5.75 Å². The van der Waals surface area contributed by atoms with Crippen LogP contribution in [0.2, 0.25) is 0 Å². The molecule has 1 N–H and O–H groups in total. The Bertz CT molecular complexity index is 1130. The van der Waals surface area contributed by atoms with Gasteiger partial charge in [0, 0.05) is 32.3 Å². The third-order valence-electron chi connectivity index (χ3n) is 5.40. The normalized spacial score (nSPS) is 15.9. The van der Waals surface area contributed by atoms with Gasteiger partial charge in [0.05, 0.1) is 17.8 Å². The quantitative estimate of drug-likeness (QED) is 0.560. The molecule has 10 heteroatoms. The molecule has 0 saturated carbocycles. The lowest BCUT2D eigenvalue weighted by Gasteiger charge is -2.15. The van der Waals surface area contributed by atoms with Crippen molar-refractivity contribution < 1.29 is 27.1 Å². The van der Waals surface area contributed by atoms with Crippen LogP contribution in [-0.4, -0.2) is 52.3 Å². The number of amides is 1. The number of halogens is 4. The Labute approximate surface area is 181 Å². The van der Waals surface area contributed by atoms with Crippen LogP contribution in [0, 0.1) is 18.6 Å². The second-order valence-corrected chi connectivity index (χ2v) is 7.74. The minimum atomic E-state index is -2.68. The summed E-state index contributed by atoms with van der Waals surface area (Å²) in [6, 6.07) is 6.79. The van der Waals surface area contributed by atoms with E-state index in [9.17, 15) is 22.4 Å². The first-order valence-corrected chi connectivity index (χ1v) is 10.2. The predicted molar refractivity (Wildman–Crippen MR) is 109 cm³/mol. The van der Waals surface area contributed by atoms with Crippen LogP contribution in [0.3, 0.4) is 0 Å². The van der Waals surface area contributed by atoms with Gasteiger partial charge in [-0.1, -0.05) is 6.07 Å². The second kappa shape index (κ2) is 8.78. The number of aromatic nitrogens is 2. The summed E-state index contributed by atoms with van der Waals surface area (Å²) < 4.78 is 61.5. The van der Waals surface area contributed by atoms with Gasteiger partial charge >= 0.3 is 0 Å². The fourth-order valence-electron chi connectivity index (χ4n) is 3.77. The van der Waals surface area contributed by atoms with Crippen molar-refractivity contribution in [3.63, 3.8) is 0 Å². The van der Waals surface area contributed by atoms with Crippen molar-refractivity contribution in [3.8, 4) is 5.75 Å². The molecule has 1 aliphatic rings. The molecule has 6 nitrogen and oxygen atoms in total. The molecule has 0 bridgehead atoms. The van der Waals surface area contributed by atoms with Gasteiger partial charge in [-0.2, -0.15) is 0 Å². The molecule has 32 heavy (non-hydrogen) atoms. The lowest BCUT2D eigenvalue weighted by atomic mass is 10.2. The summed E-state index contributed by atoms with van der Waals surface area (Å²) in [4.78, 5) is 18.7. The SMILES string of the molecule is Cc1nc2c(OCc3c(F)cccc3F)cccn2c1C(=O)NCCN1CCC(F)(F)C1. The average molecular weight is 450 g/mol. The number of carbonyl (C=O) groups excluding carboxylic acids is 1. The van der Waals surface area contributed by atoms with Crippen molar-refractivity contribution in [2.24, 2.45) is 0 Å². The molecule has 1 amide bonds. The van der Waals surface area contributed by atoms with Gasteiger partial charge in [-0.3, -0.25) is 14.1 Å². The number of likely N-dealkylation sites (tertiary alicyclic amines) is 1. The number of imidazole rings is 1. The van der Waals surface area contributed by atoms with Crippen molar-refractivity contribution in [1.29, 1.82) is 0 Å². The lowest BCUT2D eigenvalue weighted by Crippen LogP contribution is -2.35. The number of nitrogens with zero attached hydrogens (tertiary/aromatic N) is 3. The third kappa shape index (κ3) is 4.55. The van der Waals surface area contributed by atoms with E-state index < -0.39 is 23.5 Å². The molecule has 170 valence electrons. The van der Waals surface area contributed by atoms with Crippen LogP contribution < -0.4 is 10.1 Å². The zero-order valence-electron chi connectivity index (χ0n) is 17.4. The number of hydrogen-bond acceptors (Lipinski definition) is 4. The van der Waals surface area contributed by atoms with E-state index in [1.807, 2.05) is 0 Å². The van der Waals surface area contributed by atoms with Gasteiger partial charge in [0.15, 0.2) is 11.4 Å². The highest BCUT2D eigenvalue weighted by molar-refractivity contribution is 5.95. The standard InChI is InChI=1S/C22H22F4N4O2/c1-14-19(21(31)27-8-11-29-10-7-22(25,26)13-29)30-9-3-6-18(20(30)28-14)32-12-15-16(23)4-2-5-17(15)24/h2-6,9H,7-8,10-13H2,1H3,(H,27,31). The zero-order valence-corrected chi connectivity index (χ0v) is 17.4. The number of alkyl halides is 2. The summed E-state index contributed by atoms with van der Waals surface area (Å²) in [6.45, 7) is 1.83. The van der Waals surface area contributed by atoms with Crippen LogP contribution in [-0.2, 0) is 6.61 Å². The van der Waals surface area contributed by atoms with Crippen LogP contribution in [0.25, 0.3) is 5.65 Å². The second-order valence-electron chi connectivity index (χ2n) is 7.74. The Balaban J connectivity index is 1.46. The van der Waals surface area contributed by atoms with Gasteiger partial charge < -0.3 is 10.1 Å². The van der Waals surface area contributed by atoms with Crippen LogP contribution >= 0.6 is 0 Å². The molecule has 1 fully saturated rings. The number of aryl methyl sites for hydroxylation is 1. The molecule has 0 atom stereocenters. The monoisotopic (exact) mass is 450 g/mol. The highest BCUT2D eigenvalue weighted by atomic mass is 19.3. The Morgan fingerprint density at radius 1 is 1.22 bits per heavy atom. The first kappa shape index (κ1) is 22.1. The summed E-state index contributed by atoms with van der Waals surface area (Å²) in [6.07, 6.45) is 1.45. The van der Waals surface area contributed by atoms with Crippen LogP contribution in [0.4, 0.5) is 17.6 Å². The number of benzene rings is 1. The number of pyridine rings is 1. The molecular weight excluding hydrogens is 428 g/mol. The first-order chi connectivity index (χ1) is 15.2. The molecule has 4 rings (SSSR count). The van der Waals surface area contributed by atoms with Crippen molar-refractivity contribution in [3.05, 3.63) is 65.1 Å². The molecular formula is C22H22F4N4O2. The zero-order chi connectivity index (χ0) is 22.9. The van der Waals surface area contributed by atoms with E-state index in [2.05, 4.69) is 10.3 Å². The predicted octanol–water partition coefficient (Wildman–Crippen LogP) is 3.57. The van der Waals surface area contributed by atoms with Crippen molar-refractivity contribution in [1.82, 2.24) is 19.6 Å². The van der Waals surface area contributed by atoms with E-state index in [1.165, 1.54) is 10.5 Å². The van der Waals surface area contributed by atoms with E-state index in [4.69, 9.17) is 4.74 Å². The number of rotatable bonds is 7. The fourth-order valence-corrected chi connectivity index (χ4v) is 3.77. The Kier molecular flexibility index (Phi) is 6.05. The van der Waals surface area contributed by atoms with Gasteiger partial charge in [0.2, 0.25) is 0 Å². The molecule has 0 aliphatic carbocycles. The molecule has 1 aliphatic heterocycles. The largest absolute Gasteiger partial charge is 0.485 e. The Morgan fingerprint density at radius 2 is 1.97 bits per heavy atom. The summed E-state index contributed by atoms with van der Waals surface area (Å²) in [5.41, 5.74) is 0.826. The van der Waals surface area contributed by atoms with E-state index in [0.29, 0.717) is 24.4 Å². The topological polar surface area (TPSA) is 58.9 Å². The van der Waals surface area contributed by atoms with E-state index in [1.54, 1.807) is 30.2 Å². The maximum atomic E-state index is 13.9. The molecule has 1 saturated heterocycles. The highest BCUT2D eigenvalue weighted by Crippen LogP contribution is 2.26. The third-order valence-corrected chi connectivity index (χ3v) is 5.40. The van der Waals surface area contributed by atoms with E-state index in [-0.39, 0.29) is 43.1 Å². The van der Waals surface area contributed by atoms with Gasteiger partial charge in [-0.15, -0.1) is 0 Å². The van der Waals surface area contributed by atoms with E-state index >= 15 is 0 Å².